The van der Waals surface area contributed by atoms with E-state index in [9.17, 15) is 19.5 Å². The maximum Gasteiger partial charge on any atom is 0.253 e. The van der Waals surface area contributed by atoms with Gasteiger partial charge in [-0.15, -0.1) is 0 Å². The molecule has 0 fully saturated rings. The highest BCUT2D eigenvalue weighted by molar-refractivity contribution is 6.04. The average Bonchev–Trinajstić information content (AvgIpc) is 2.73. The van der Waals surface area contributed by atoms with Gasteiger partial charge in [-0.25, -0.2) is 0 Å². The van der Waals surface area contributed by atoms with Gasteiger partial charge in [0.25, 0.3) is 5.91 Å². The van der Waals surface area contributed by atoms with E-state index < -0.39 is 23.7 Å². The summed E-state index contributed by atoms with van der Waals surface area (Å²) in [4.78, 5) is 36.8. The van der Waals surface area contributed by atoms with Crippen molar-refractivity contribution in [3.05, 3.63) is 77.4 Å². The van der Waals surface area contributed by atoms with Crippen LogP contribution in [0.4, 0.5) is 5.69 Å². The average molecular weight is 391 g/mol. The molecule has 2 amide bonds. The number of benzene rings is 2. The van der Waals surface area contributed by atoms with E-state index in [1.54, 1.807) is 36.4 Å². The van der Waals surface area contributed by atoms with Crippen LogP contribution in [0.15, 0.2) is 60.7 Å². The third-order valence-electron chi connectivity index (χ3n) is 5.20. The first-order valence-corrected chi connectivity index (χ1v) is 9.56. The lowest BCUT2D eigenvalue weighted by molar-refractivity contribution is -0.313. The smallest absolute Gasteiger partial charge is 0.253 e. The normalized spacial score (nSPS) is 18.1. The molecule has 0 saturated heterocycles. The van der Waals surface area contributed by atoms with Gasteiger partial charge in [0.1, 0.15) is 0 Å². The fourth-order valence-corrected chi connectivity index (χ4v) is 3.46. The molecular formula is C23H23N2O4-. The monoisotopic (exact) mass is 391 g/mol. The van der Waals surface area contributed by atoms with E-state index in [4.69, 9.17) is 0 Å². The molecule has 0 heterocycles. The van der Waals surface area contributed by atoms with Crippen LogP contribution in [0.1, 0.15) is 34.3 Å². The number of rotatable bonds is 6. The summed E-state index contributed by atoms with van der Waals surface area (Å²) in [5, 5.41) is 17.0. The Labute approximate surface area is 169 Å². The van der Waals surface area contributed by atoms with E-state index in [1.807, 2.05) is 31.2 Å². The molecule has 0 aliphatic heterocycles. The molecule has 2 atom stereocenters. The zero-order valence-electron chi connectivity index (χ0n) is 16.2. The number of carboxylic acid groups (broad SMARTS) is 1. The molecule has 1 aliphatic carbocycles. The van der Waals surface area contributed by atoms with Crippen LogP contribution in [-0.2, 0) is 16.1 Å². The summed E-state index contributed by atoms with van der Waals surface area (Å²) >= 11 is 0. The van der Waals surface area contributed by atoms with Crippen molar-refractivity contribution in [2.75, 3.05) is 5.32 Å². The lowest BCUT2D eigenvalue weighted by Crippen LogP contribution is -2.41. The number of para-hydroxylation sites is 1. The SMILES string of the molecule is Cc1ccccc1CNC(=O)c1ccccc1NC(=O)[C@H]1CC=CC[C@@H]1C(=O)[O-]. The van der Waals surface area contributed by atoms with Gasteiger partial charge in [0, 0.05) is 18.4 Å². The summed E-state index contributed by atoms with van der Waals surface area (Å²) in [6.45, 7) is 2.34. The van der Waals surface area contributed by atoms with Gasteiger partial charge in [0.2, 0.25) is 5.91 Å². The topological polar surface area (TPSA) is 98.3 Å². The largest absolute Gasteiger partial charge is 0.550 e. The number of aliphatic carboxylic acids is 1. The molecule has 3 rings (SSSR count). The van der Waals surface area contributed by atoms with Crippen molar-refractivity contribution in [1.82, 2.24) is 5.32 Å². The highest BCUT2D eigenvalue weighted by Gasteiger charge is 2.30. The van der Waals surface area contributed by atoms with Crippen LogP contribution in [0, 0.1) is 18.8 Å². The Balaban J connectivity index is 1.72. The second kappa shape index (κ2) is 9.19. The molecule has 2 aromatic rings. The number of nitrogens with one attached hydrogen (secondary N) is 2. The number of carbonyl (C=O) groups excluding carboxylic acids is 3. The van der Waals surface area contributed by atoms with Crippen LogP contribution in [0.25, 0.3) is 0 Å². The minimum absolute atomic E-state index is 0.263. The van der Waals surface area contributed by atoms with Crippen molar-refractivity contribution in [1.29, 1.82) is 0 Å². The van der Waals surface area contributed by atoms with Gasteiger partial charge in [-0.05, 0) is 43.0 Å². The predicted molar refractivity (Wildman–Crippen MR) is 108 cm³/mol. The van der Waals surface area contributed by atoms with Crippen LogP contribution in [0.5, 0.6) is 0 Å². The fraction of sp³-hybridized carbons (Fsp3) is 0.261. The maximum atomic E-state index is 12.7. The minimum atomic E-state index is -1.24. The summed E-state index contributed by atoms with van der Waals surface area (Å²) in [5.74, 6) is -3.58. The van der Waals surface area contributed by atoms with Crippen molar-refractivity contribution in [3.8, 4) is 0 Å². The quantitative estimate of drug-likeness (QED) is 0.738. The number of allylic oxidation sites excluding steroid dienone is 2. The molecule has 6 nitrogen and oxygen atoms in total. The molecule has 0 unspecified atom stereocenters. The second-order valence-electron chi connectivity index (χ2n) is 7.12. The lowest BCUT2D eigenvalue weighted by atomic mass is 9.82. The Morgan fingerprint density at radius 3 is 2.34 bits per heavy atom. The molecule has 0 saturated carbocycles. The van der Waals surface area contributed by atoms with Crippen molar-refractivity contribution >= 4 is 23.5 Å². The molecule has 0 bridgehead atoms. The van der Waals surface area contributed by atoms with E-state index in [0.717, 1.165) is 11.1 Å². The van der Waals surface area contributed by atoms with E-state index in [1.165, 1.54) is 0 Å². The lowest BCUT2D eigenvalue weighted by Gasteiger charge is -2.28. The van der Waals surface area contributed by atoms with E-state index in [2.05, 4.69) is 10.6 Å². The first kappa shape index (κ1) is 20.3. The van der Waals surface area contributed by atoms with Crippen LogP contribution < -0.4 is 15.7 Å². The number of hydrogen-bond donors (Lipinski definition) is 2. The highest BCUT2D eigenvalue weighted by atomic mass is 16.4. The summed E-state index contributed by atoms with van der Waals surface area (Å²) < 4.78 is 0. The molecule has 2 N–H and O–H groups in total. The maximum absolute atomic E-state index is 12.7. The molecule has 1 aliphatic rings. The van der Waals surface area contributed by atoms with Crippen LogP contribution in [0.2, 0.25) is 0 Å². The van der Waals surface area contributed by atoms with E-state index >= 15 is 0 Å². The number of amides is 2. The number of carboxylic acids is 1. The van der Waals surface area contributed by atoms with Crippen LogP contribution in [-0.4, -0.2) is 17.8 Å². The number of aryl methyl sites for hydroxylation is 1. The molecule has 6 heteroatoms. The summed E-state index contributed by atoms with van der Waals surface area (Å²) in [5.41, 5.74) is 2.76. The van der Waals surface area contributed by atoms with E-state index in [-0.39, 0.29) is 12.3 Å². The Morgan fingerprint density at radius 1 is 0.966 bits per heavy atom. The van der Waals surface area contributed by atoms with Crippen molar-refractivity contribution < 1.29 is 19.5 Å². The van der Waals surface area contributed by atoms with Gasteiger partial charge < -0.3 is 20.5 Å². The molecule has 0 spiro atoms. The first-order valence-electron chi connectivity index (χ1n) is 9.56. The summed E-state index contributed by atoms with van der Waals surface area (Å²) in [6.07, 6.45) is 4.13. The number of anilines is 1. The molecule has 150 valence electrons. The van der Waals surface area contributed by atoms with Crippen LogP contribution >= 0.6 is 0 Å². The van der Waals surface area contributed by atoms with Gasteiger partial charge in [-0.3, -0.25) is 9.59 Å². The Morgan fingerprint density at radius 2 is 1.62 bits per heavy atom. The molecule has 2 aromatic carbocycles. The fourth-order valence-electron chi connectivity index (χ4n) is 3.46. The standard InChI is InChI=1S/C23H24N2O4/c1-15-8-2-3-9-16(15)14-24-21(26)19-12-6-7-13-20(19)25-22(27)17-10-4-5-11-18(17)23(28)29/h2-9,12-13,17-18H,10-11,14H2,1H3,(H,24,26)(H,25,27)(H,28,29)/p-1/t17-,18-/m0/s1. The number of carbonyl (C=O) groups is 3. The zero-order valence-corrected chi connectivity index (χ0v) is 16.2. The van der Waals surface area contributed by atoms with Crippen molar-refractivity contribution in [3.63, 3.8) is 0 Å². The molecule has 0 radical (unpaired) electrons. The Kier molecular flexibility index (Phi) is 6.44. The molecule has 29 heavy (non-hydrogen) atoms. The van der Waals surface area contributed by atoms with Crippen molar-refractivity contribution in [2.45, 2.75) is 26.3 Å². The van der Waals surface area contributed by atoms with E-state index in [0.29, 0.717) is 24.2 Å². The van der Waals surface area contributed by atoms with Gasteiger partial charge in [0.05, 0.1) is 17.2 Å². The zero-order chi connectivity index (χ0) is 20.8. The third kappa shape index (κ3) is 4.90. The highest BCUT2D eigenvalue weighted by Crippen LogP contribution is 2.27. The van der Waals surface area contributed by atoms with Crippen molar-refractivity contribution in [2.24, 2.45) is 11.8 Å². The third-order valence-corrected chi connectivity index (χ3v) is 5.20. The van der Waals surface area contributed by atoms with Gasteiger partial charge in [-0.2, -0.15) is 0 Å². The summed E-state index contributed by atoms with van der Waals surface area (Å²) in [7, 11) is 0. The first-order chi connectivity index (χ1) is 14.0. The van der Waals surface area contributed by atoms with Crippen LogP contribution in [0.3, 0.4) is 0 Å². The van der Waals surface area contributed by atoms with Gasteiger partial charge >= 0.3 is 0 Å². The second-order valence-corrected chi connectivity index (χ2v) is 7.12. The Hall–Kier alpha value is -3.41. The van der Waals surface area contributed by atoms with Gasteiger partial charge in [-0.1, -0.05) is 48.6 Å². The number of hydrogen-bond acceptors (Lipinski definition) is 4. The Bertz CT molecular complexity index is 951. The minimum Gasteiger partial charge on any atom is -0.550 e. The molecular weight excluding hydrogens is 368 g/mol. The van der Waals surface area contributed by atoms with Gasteiger partial charge in [0.15, 0.2) is 0 Å². The summed E-state index contributed by atoms with van der Waals surface area (Å²) in [6, 6.07) is 14.5. The molecule has 0 aromatic heterocycles. The predicted octanol–water partition coefficient (Wildman–Crippen LogP) is 2.20.